The molecule has 1 aromatic rings. The number of rotatable bonds is 3. The third-order valence-electron chi connectivity index (χ3n) is 2.02. The molecule has 13 heavy (non-hydrogen) atoms. The van der Waals surface area contributed by atoms with Gasteiger partial charge in [-0.25, -0.2) is 4.39 Å². The van der Waals surface area contributed by atoms with Crippen LogP contribution in [0.25, 0.3) is 0 Å². The van der Waals surface area contributed by atoms with Crippen LogP contribution in [0.5, 0.6) is 0 Å². The van der Waals surface area contributed by atoms with Crippen LogP contribution >= 0.6 is 11.8 Å². The predicted molar refractivity (Wildman–Crippen MR) is 53.7 cm³/mol. The fraction of sp³-hybridized carbons (Fsp3) is 0.400. The molecular weight excluding hydrogens is 187 g/mol. The van der Waals surface area contributed by atoms with Crippen LogP contribution in [0.2, 0.25) is 0 Å². The number of thioether (sulfide) groups is 1. The van der Waals surface area contributed by atoms with Crippen molar-refractivity contribution in [1.29, 1.82) is 0 Å². The minimum Gasteiger partial charge on any atom is -0.396 e. The molecule has 0 saturated carbocycles. The summed E-state index contributed by atoms with van der Waals surface area (Å²) in [4.78, 5) is 0.647. The van der Waals surface area contributed by atoms with E-state index in [9.17, 15) is 4.39 Å². The first-order valence-electron chi connectivity index (χ1n) is 4.13. The van der Waals surface area contributed by atoms with Gasteiger partial charge < -0.3 is 5.11 Å². The molecule has 1 atom stereocenters. The van der Waals surface area contributed by atoms with E-state index >= 15 is 0 Å². The molecule has 1 nitrogen and oxygen atoms in total. The number of halogens is 1. The second-order valence-corrected chi connectivity index (χ2v) is 3.83. The van der Waals surface area contributed by atoms with E-state index in [0.717, 1.165) is 5.56 Å². The van der Waals surface area contributed by atoms with Crippen molar-refractivity contribution in [1.82, 2.24) is 0 Å². The molecule has 1 rings (SSSR count). The van der Waals surface area contributed by atoms with Gasteiger partial charge in [0.05, 0.1) is 0 Å². The number of hydrogen-bond acceptors (Lipinski definition) is 2. The predicted octanol–water partition coefficient (Wildman–Crippen LogP) is 2.64. The fourth-order valence-corrected chi connectivity index (χ4v) is 1.55. The van der Waals surface area contributed by atoms with Gasteiger partial charge in [-0.05, 0) is 24.0 Å². The van der Waals surface area contributed by atoms with Gasteiger partial charge in [-0.1, -0.05) is 13.0 Å². The number of aliphatic hydroxyl groups excluding tert-OH is 1. The largest absolute Gasteiger partial charge is 0.396 e. The van der Waals surface area contributed by atoms with Gasteiger partial charge in [-0.3, -0.25) is 0 Å². The van der Waals surface area contributed by atoms with Gasteiger partial charge in [0.1, 0.15) is 5.82 Å². The second kappa shape index (κ2) is 4.63. The molecular formula is C10H13FOS. The molecule has 72 valence electrons. The minimum atomic E-state index is -0.203. The first kappa shape index (κ1) is 10.5. The van der Waals surface area contributed by atoms with E-state index in [1.54, 1.807) is 6.07 Å². The van der Waals surface area contributed by atoms with Crippen LogP contribution in [0, 0.1) is 5.82 Å². The zero-order valence-corrected chi connectivity index (χ0v) is 8.57. The van der Waals surface area contributed by atoms with Gasteiger partial charge in [0, 0.05) is 17.4 Å². The summed E-state index contributed by atoms with van der Waals surface area (Å²) in [5.41, 5.74) is 0.845. The minimum absolute atomic E-state index is 0.00501. The molecule has 0 spiro atoms. The van der Waals surface area contributed by atoms with Gasteiger partial charge in [-0.15, -0.1) is 11.8 Å². The van der Waals surface area contributed by atoms with Crippen molar-refractivity contribution in [3.63, 3.8) is 0 Å². The Kier molecular flexibility index (Phi) is 3.75. The zero-order chi connectivity index (χ0) is 9.84. The molecule has 0 aliphatic heterocycles. The van der Waals surface area contributed by atoms with Crippen LogP contribution in [0.4, 0.5) is 4.39 Å². The van der Waals surface area contributed by atoms with Crippen molar-refractivity contribution in [3.05, 3.63) is 29.6 Å². The number of benzene rings is 1. The summed E-state index contributed by atoms with van der Waals surface area (Å²) >= 11 is 1.39. The highest BCUT2D eigenvalue weighted by Gasteiger charge is 2.07. The van der Waals surface area contributed by atoms with E-state index in [-0.39, 0.29) is 18.3 Å². The Hall–Kier alpha value is -0.540. The van der Waals surface area contributed by atoms with Gasteiger partial charge in [0.25, 0.3) is 0 Å². The Balaban J connectivity index is 2.95. The average Bonchev–Trinajstić information content (AvgIpc) is 2.16. The Labute approximate surface area is 82.0 Å². The molecule has 0 bridgehead atoms. The molecule has 1 N–H and O–H groups in total. The van der Waals surface area contributed by atoms with E-state index in [2.05, 4.69) is 0 Å². The Morgan fingerprint density at radius 2 is 2.23 bits per heavy atom. The zero-order valence-electron chi connectivity index (χ0n) is 7.75. The Bertz CT molecular complexity index is 288. The first-order valence-corrected chi connectivity index (χ1v) is 5.35. The first-order chi connectivity index (χ1) is 6.19. The van der Waals surface area contributed by atoms with Crippen molar-refractivity contribution in [2.24, 2.45) is 0 Å². The topological polar surface area (TPSA) is 20.2 Å². The maximum absolute atomic E-state index is 13.2. The van der Waals surface area contributed by atoms with Crippen LogP contribution < -0.4 is 0 Å². The summed E-state index contributed by atoms with van der Waals surface area (Å²) < 4.78 is 13.2. The molecule has 0 heterocycles. The lowest BCUT2D eigenvalue weighted by molar-refractivity contribution is 0.273. The molecule has 0 radical (unpaired) electrons. The maximum atomic E-state index is 13.2. The molecule has 0 amide bonds. The normalized spacial score (nSPS) is 12.9. The van der Waals surface area contributed by atoms with Crippen molar-refractivity contribution in [3.8, 4) is 0 Å². The van der Waals surface area contributed by atoms with Crippen molar-refractivity contribution < 1.29 is 9.50 Å². The van der Waals surface area contributed by atoms with Gasteiger partial charge in [0.2, 0.25) is 0 Å². The van der Waals surface area contributed by atoms with Gasteiger partial charge in [-0.2, -0.15) is 0 Å². The molecule has 0 saturated heterocycles. The van der Waals surface area contributed by atoms with Gasteiger partial charge >= 0.3 is 0 Å². The van der Waals surface area contributed by atoms with Crippen LogP contribution in [-0.2, 0) is 0 Å². The molecule has 3 heteroatoms. The van der Waals surface area contributed by atoms with Crippen molar-refractivity contribution in [2.45, 2.75) is 17.7 Å². The third-order valence-corrected chi connectivity index (χ3v) is 2.79. The lowest BCUT2D eigenvalue weighted by Crippen LogP contribution is -1.99. The van der Waals surface area contributed by atoms with E-state index in [1.807, 2.05) is 19.2 Å². The lowest BCUT2D eigenvalue weighted by atomic mass is 10.0. The highest BCUT2D eigenvalue weighted by atomic mass is 32.2. The quantitative estimate of drug-likeness (QED) is 0.757. The van der Waals surface area contributed by atoms with Crippen LogP contribution in [0.1, 0.15) is 18.4 Å². The summed E-state index contributed by atoms with van der Waals surface area (Å²) in [7, 11) is 0. The standard InChI is InChI=1S/C10H13FOS/c1-7(6-12)8-3-4-10(13-2)9(11)5-8/h3-5,7,12H,6H2,1-2H3. The van der Waals surface area contributed by atoms with Gasteiger partial charge in [0.15, 0.2) is 0 Å². The number of hydrogen-bond donors (Lipinski definition) is 1. The van der Waals surface area contributed by atoms with Crippen molar-refractivity contribution in [2.75, 3.05) is 12.9 Å². The number of aliphatic hydroxyl groups is 1. The van der Waals surface area contributed by atoms with E-state index in [0.29, 0.717) is 4.90 Å². The van der Waals surface area contributed by atoms with E-state index in [4.69, 9.17) is 5.11 Å². The molecule has 0 aliphatic rings. The summed E-state index contributed by atoms with van der Waals surface area (Å²) in [6, 6.07) is 5.10. The van der Waals surface area contributed by atoms with Crippen LogP contribution in [0.3, 0.4) is 0 Å². The van der Waals surface area contributed by atoms with E-state index in [1.165, 1.54) is 17.8 Å². The SMILES string of the molecule is CSc1ccc(C(C)CO)cc1F. The maximum Gasteiger partial charge on any atom is 0.137 e. The summed E-state index contributed by atoms with van der Waals surface area (Å²) in [5.74, 6) is -0.198. The highest BCUT2D eigenvalue weighted by Crippen LogP contribution is 2.23. The molecule has 0 fully saturated rings. The summed E-state index contributed by atoms with van der Waals surface area (Å²) in [6.45, 7) is 1.92. The molecule has 0 aromatic heterocycles. The molecule has 0 aliphatic carbocycles. The fourth-order valence-electron chi connectivity index (χ4n) is 1.09. The van der Waals surface area contributed by atoms with Crippen LogP contribution in [0.15, 0.2) is 23.1 Å². The summed E-state index contributed by atoms with van der Waals surface area (Å²) in [6.07, 6.45) is 1.84. The summed E-state index contributed by atoms with van der Waals surface area (Å²) in [5, 5.41) is 8.88. The smallest absolute Gasteiger partial charge is 0.137 e. The second-order valence-electron chi connectivity index (χ2n) is 2.98. The Morgan fingerprint density at radius 3 is 2.69 bits per heavy atom. The average molecular weight is 200 g/mol. The third kappa shape index (κ3) is 2.45. The van der Waals surface area contributed by atoms with E-state index < -0.39 is 0 Å². The molecule has 1 unspecified atom stereocenters. The lowest BCUT2D eigenvalue weighted by Gasteiger charge is -2.09. The monoisotopic (exact) mass is 200 g/mol. The van der Waals surface area contributed by atoms with Crippen LogP contribution in [-0.4, -0.2) is 18.0 Å². The Morgan fingerprint density at radius 1 is 1.54 bits per heavy atom. The van der Waals surface area contributed by atoms with Crippen molar-refractivity contribution >= 4 is 11.8 Å². The highest BCUT2D eigenvalue weighted by molar-refractivity contribution is 7.98. The molecule has 1 aromatic carbocycles.